The fourth-order valence-electron chi connectivity index (χ4n) is 3.82. The number of anilines is 1. The van der Waals surface area contributed by atoms with Crippen LogP contribution < -0.4 is 9.62 Å². The predicted molar refractivity (Wildman–Crippen MR) is 115 cm³/mol. The van der Waals surface area contributed by atoms with Crippen LogP contribution in [0.2, 0.25) is 0 Å². The van der Waals surface area contributed by atoms with Crippen molar-refractivity contribution < 1.29 is 13.2 Å². The molecule has 1 amide bonds. The van der Waals surface area contributed by atoms with Gasteiger partial charge in [0.25, 0.3) is 15.9 Å². The van der Waals surface area contributed by atoms with Gasteiger partial charge in [-0.2, -0.15) is 0 Å². The first-order valence-electron chi connectivity index (χ1n) is 9.39. The highest BCUT2D eigenvalue weighted by Gasteiger charge is 2.34. The van der Waals surface area contributed by atoms with Gasteiger partial charge in [-0.05, 0) is 43.2 Å². The number of rotatable bonds is 3. The van der Waals surface area contributed by atoms with E-state index >= 15 is 0 Å². The van der Waals surface area contributed by atoms with Gasteiger partial charge in [-0.3, -0.25) is 9.10 Å². The summed E-state index contributed by atoms with van der Waals surface area (Å²) in [6.07, 6.45) is 0. The lowest BCUT2D eigenvalue weighted by Crippen LogP contribution is -2.32. The Hall–Kier alpha value is -3.12. The number of carbonyl (C=O) groups excluding carboxylic acids is 1. The number of nitrogens with one attached hydrogen (secondary N) is 1. The third-order valence-corrected chi connectivity index (χ3v) is 7.16. The van der Waals surface area contributed by atoms with Crippen LogP contribution >= 0.6 is 0 Å². The van der Waals surface area contributed by atoms with Crippen molar-refractivity contribution in [1.82, 2.24) is 5.32 Å². The fraction of sp³-hybridized carbons (Fsp3) is 0.174. The van der Waals surface area contributed by atoms with Crippen molar-refractivity contribution in [3.05, 3.63) is 83.4 Å². The quantitative estimate of drug-likeness (QED) is 0.706. The van der Waals surface area contributed by atoms with Crippen molar-refractivity contribution in [1.29, 1.82) is 0 Å². The van der Waals surface area contributed by atoms with Gasteiger partial charge in [0.05, 0.1) is 16.6 Å². The lowest BCUT2D eigenvalue weighted by atomic mass is 9.96. The Kier molecular flexibility index (Phi) is 4.67. The van der Waals surface area contributed by atoms with Gasteiger partial charge in [-0.1, -0.05) is 48.5 Å². The molecule has 0 spiro atoms. The van der Waals surface area contributed by atoms with E-state index in [2.05, 4.69) is 5.32 Å². The van der Waals surface area contributed by atoms with E-state index in [1.807, 2.05) is 50.2 Å². The number of benzene rings is 3. The summed E-state index contributed by atoms with van der Waals surface area (Å²) in [5.41, 5.74) is 4.24. The highest BCUT2D eigenvalue weighted by Crippen LogP contribution is 2.44. The maximum absolute atomic E-state index is 12.9. The molecule has 29 heavy (non-hydrogen) atoms. The normalized spacial score (nSPS) is 15.2. The molecule has 0 aliphatic carbocycles. The van der Waals surface area contributed by atoms with Crippen LogP contribution in [0, 0.1) is 6.92 Å². The highest BCUT2D eigenvalue weighted by molar-refractivity contribution is 7.93. The van der Waals surface area contributed by atoms with Crippen LogP contribution in [0.15, 0.2) is 71.6 Å². The molecule has 1 heterocycles. The maximum Gasteiger partial charge on any atom is 0.264 e. The third-order valence-electron chi connectivity index (χ3n) is 5.34. The average molecular weight is 407 g/mol. The van der Waals surface area contributed by atoms with E-state index in [1.165, 1.54) is 4.31 Å². The standard InChI is InChI=1S/C23H22N2O3S/c1-15-13-18(23(26)24-16(2)17-9-5-4-6-10-17)14-20-19-11-7-8-12-21(19)29(27,28)25(3)22(15)20/h4-14,16H,1-3H3,(H,24,26)/t16-/m1/s1. The molecule has 4 rings (SSSR count). The Morgan fingerprint density at radius 2 is 1.62 bits per heavy atom. The van der Waals surface area contributed by atoms with E-state index in [0.717, 1.165) is 16.7 Å². The van der Waals surface area contributed by atoms with Crippen LogP contribution in [0.5, 0.6) is 0 Å². The minimum atomic E-state index is -3.61. The first kappa shape index (κ1) is 19.2. The van der Waals surface area contributed by atoms with E-state index in [1.54, 1.807) is 37.4 Å². The molecule has 1 aliphatic rings. The van der Waals surface area contributed by atoms with Crippen molar-refractivity contribution in [2.24, 2.45) is 0 Å². The zero-order chi connectivity index (χ0) is 20.8. The zero-order valence-electron chi connectivity index (χ0n) is 16.5. The number of nitrogens with zero attached hydrogens (tertiary/aromatic N) is 1. The Bertz CT molecular complexity index is 1200. The molecule has 3 aromatic rings. The highest BCUT2D eigenvalue weighted by atomic mass is 32.2. The summed E-state index contributed by atoms with van der Waals surface area (Å²) >= 11 is 0. The Morgan fingerprint density at radius 1 is 0.966 bits per heavy atom. The number of hydrogen-bond acceptors (Lipinski definition) is 3. The molecule has 0 radical (unpaired) electrons. The summed E-state index contributed by atoms with van der Waals surface area (Å²) in [6.45, 7) is 3.77. The number of carbonyl (C=O) groups is 1. The lowest BCUT2D eigenvalue weighted by Gasteiger charge is -2.31. The van der Waals surface area contributed by atoms with E-state index in [-0.39, 0.29) is 16.8 Å². The molecule has 0 fully saturated rings. The Labute approximate surface area is 171 Å². The molecule has 3 aromatic carbocycles. The zero-order valence-corrected chi connectivity index (χ0v) is 17.3. The van der Waals surface area contributed by atoms with Gasteiger partial charge >= 0.3 is 0 Å². The van der Waals surface area contributed by atoms with E-state index < -0.39 is 10.0 Å². The molecule has 0 unspecified atom stereocenters. The summed E-state index contributed by atoms with van der Waals surface area (Å²) in [5, 5.41) is 3.03. The van der Waals surface area contributed by atoms with E-state index in [0.29, 0.717) is 16.8 Å². The van der Waals surface area contributed by atoms with Gasteiger partial charge in [0.1, 0.15) is 0 Å². The summed E-state index contributed by atoms with van der Waals surface area (Å²) in [7, 11) is -2.06. The predicted octanol–water partition coefficient (Wildman–Crippen LogP) is 4.29. The molecule has 1 aliphatic heterocycles. The molecule has 5 nitrogen and oxygen atoms in total. The second-order valence-electron chi connectivity index (χ2n) is 7.26. The van der Waals surface area contributed by atoms with Crippen molar-refractivity contribution >= 4 is 21.6 Å². The molecule has 1 atom stereocenters. The van der Waals surface area contributed by atoms with Gasteiger partial charge < -0.3 is 5.32 Å². The largest absolute Gasteiger partial charge is 0.346 e. The van der Waals surface area contributed by atoms with Crippen molar-refractivity contribution in [3.63, 3.8) is 0 Å². The molecule has 0 aromatic heterocycles. The van der Waals surface area contributed by atoms with Gasteiger partial charge in [-0.15, -0.1) is 0 Å². The van der Waals surface area contributed by atoms with Crippen LogP contribution in [0.25, 0.3) is 11.1 Å². The molecular weight excluding hydrogens is 384 g/mol. The first-order valence-corrected chi connectivity index (χ1v) is 10.8. The van der Waals surface area contributed by atoms with Crippen molar-refractivity contribution in [2.75, 3.05) is 11.4 Å². The third kappa shape index (κ3) is 3.19. The molecule has 0 saturated carbocycles. The number of sulfonamides is 1. The molecule has 1 N–H and O–H groups in total. The topological polar surface area (TPSA) is 66.5 Å². The van der Waals surface area contributed by atoms with Crippen molar-refractivity contribution in [2.45, 2.75) is 24.8 Å². The minimum Gasteiger partial charge on any atom is -0.346 e. The number of amides is 1. The summed E-state index contributed by atoms with van der Waals surface area (Å²) in [4.78, 5) is 13.2. The summed E-state index contributed by atoms with van der Waals surface area (Å²) in [6, 6.07) is 20.0. The molecular formula is C23H22N2O3S. The molecule has 0 bridgehead atoms. The number of hydrogen-bond donors (Lipinski definition) is 1. The second kappa shape index (κ2) is 7.04. The monoisotopic (exact) mass is 406 g/mol. The van der Waals surface area contributed by atoms with Gasteiger partial charge in [0.15, 0.2) is 0 Å². The first-order chi connectivity index (χ1) is 13.8. The maximum atomic E-state index is 12.9. The fourth-order valence-corrected chi connectivity index (χ4v) is 5.30. The lowest BCUT2D eigenvalue weighted by molar-refractivity contribution is 0.0940. The average Bonchev–Trinajstić information content (AvgIpc) is 2.72. The van der Waals surface area contributed by atoms with Crippen LogP contribution in [-0.2, 0) is 10.0 Å². The van der Waals surface area contributed by atoms with E-state index in [9.17, 15) is 13.2 Å². The van der Waals surface area contributed by atoms with Crippen molar-refractivity contribution in [3.8, 4) is 11.1 Å². The smallest absolute Gasteiger partial charge is 0.264 e. The van der Waals surface area contributed by atoms with Crippen LogP contribution in [0.4, 0.5) is 5.69 Å². The molecule has 0 saturated heterocycles. The second-order valence-corrected chi connectivity index (χ2v) is 9.20. The summed E-state index contributed by atoms with van der Waals surface area (Å²) in [5.74, 6) is -0.194. The number of aryl methyl sites for hydroxylation is 1. The molecule has 6 heteroatoms. The van der Waals surface area contributed by atoms with Crippen LogP contribution in [0.1, 0.15) is 34.5 Å². The Morgan fingerprint density at radius 3 is 2.34 bits per heavy atom. The summed E-state index contributed by atoms with van der Waals surface area (Å²) < 4.78 is 27.1. The van der Waals surface area contributed by atoms with Gasteiger partial charge in [0.2, 0.25) is 0 Å². The number of fused-ring (bicyclic) bond motifs is 3. The molecule has 148 valence electrons. The SMILES string of the molecule is Cc1cc(C(=O)N[C@H](C)c2ccccc2)cc2c1N(C)S(=O)(=O)c1ccccc1-2. The van der Waals surface area contributed by atoms with Gasteiger partial charge in [0, 0.05) is 23.7 Å². The van der Waals surface area contributed by atoms with Gasteiger partial charge in [-0.25, -0.2) is 8.42 Å². The van der Waals surface area contributed by atoms with Crippen LogP contribution in [-0.4, -0.2) is 21.4 Å². The van der Waals surface area contributed by atoms with Crippen LogP contribution in [0.3, 0.4) is 0 Å². The van der Waals surface area contributed by atoms with E-state index in [4.69, 9.17) is 0 Å². The Balaban J connectivity index is 1.77. The minimum absolute atomic E-state index is 0.143.